The van der Waals surface area contributed by atoms with E-state index in [2.05, 4.69) is 12.2 Å². The first-order chi connectivity index (χ1) is 9.15. The molecule has 0 spiro atoms. The number of carboxylic acids is 1. The Bertz CT molecular complexity index is 547. The summed E-state index contributed by atoms with van der Waals surface area (Å²) >= 11 is 0. The monoisotopic (exact) mass is 257 g/mol. The highest BCUT2D eigenvalue weighted by Gasteiger charge is 2.40. The van der Waals surface area contributed by atoms with Crippen molar-refractivity contribution < 1.29 is 14.7 Å². The smallest absolute Gasteiger partial charge is 0.307 e. The fourth-order valence-electron chi connectivity index (χ4n) is 2.97. The number of anilines is 1. The van der Waals surface area contributed by atoms with E-state index in [-0.39, 0.29) is 18.4 Å². The summed E-state index contributed by atoms with van der Waals surface area (Å²) in [6.07, 6.45) is 5.77. The van der Waals surface area contributed by atoms with E-state index in [9.17, 15) is 9.59 Å². The Morgan fingerprint density at radius 2 is 2.05 bits per heavy atom. The molecule has 1 N–H and O–H groups in total. The van der Waals surface area contributed by atoms with Gasteiger partial charge in [-0.15, -0.1) is 0 Å². The van der Waals surface area contributed by atoms with Gasteiger partial charge in [0.05, 0.1) is 6.42 Å². The van der Waals surface area contributed by atoms with Crippen LogP contribution in [0.4, 0.5) is 5.69 Å². The Balaban J connectivity index is 1.82. The van der Waals surface area contributed by atoms with Crippen LogP contribution in [0.5, 0.6) is 0 Å². The zero-order chi connectivity index (χ0) is 13.4. The normalized spacial score (nSPS) is 24.8. The SMILES string of the molecule is O=C(O)Cc1ccc(N2C(=O)CC3C=CCC32)cc1. The van der Waals surface area contributed by atoms with Gasteiger partial charge in [-0.2, -0.15) is 0 Å². The molecule has 0 radical (unpaired) electrons. The van der Waals surface area contributed by atoms with Gasteiger partial charge in [-0.1, -0.05) is 24.3 Å². The zero-order valence-corrected chi connectivity index (χ0v) is 10.5. The second kappa shape index (κ2) is 4.53. The van der Waals surface area contributed by atoms with Crippen molar-refractivity contribution in [2.75, 3.05) is 4.90 Å². The van der Waals surface area contributed by atoms with E-state index >= 15 is 0 Å². The zero-order valence-electron chi connectivity index (χ0n) is 10.5. The lowest BCUT2D eigenvalue weighted by molar-refractivity contribution is -0.136. The Morgan fingerprint density at radius 3 is 2.74 bits per heavy atom. The Labute approximate surface area is 111 Å². The number of carbonyl (C=O) groups excluding carboxylic acids is 1. The van der Waals surface area contributed by atoms with Crippen LogP contribution in [0.15, 0.2) is 36.4 Å². The lowest BCUT2D eigenvalue weighted by Crippen LogP contribution is -2.33. The standard InChI is InChI=1S/C15H15NO3/c17-14-9-11-2-1-3-13(11)16(14)12-6-4-10(5-7-12)8-15(18)19/h1-2,4-7,11,13H,3,8-9H2,(H,18,19). The number of benzene rings is 1. The second-order valence-electron chi connectivity index (χ2n) is 5.10. The first-order valence-corrected chi connectivity index (χ1v) is 6.44. The minimum atomic E-state index is -0.843. The van der Waals surface area contributed by atoms with Crippen LogP contribution in [0.3, 0.4) is 0 Å². The summed E-state index contributed by atoms with van der Waals surface area (Å²) in [6, 6.07) is 7.50. The van der Waals surface area contributed by atoms with E-state index < -0.39 is 5.97 Å². The van der Waals surface area contributed by atoms with Gasteiger partial charge < -0.3 is 10.0 Å². The van der Waals surface area contributed by atoms with Gasteiger partial charge in [0.15, 0.2) is 0 Å². The van der Waals surface area contributed by atoms with Gasteiger partial charge in [0.2, 0.25) is 5.91 Å². The minimum Gasteiger partial charge on any atom is -0.481 e. The second-order valence-corrected chi connectivity index (χ2v) is 5.10. The predicted molar refractivity (Wildman–Crippen MR) is 70.9 cm³/mol. The summed E-state index contributed by atoms with van der Waals surface area (Å²) in [5.74, 6) is -0.346. The third-order valence-corrected chi connectivity index (χ3v) is 3.84. The lowest BCUT2D eigenvalue weighted by Gasteiger charge is -2.24. The molecule has 1 fully saturated rings. The van der Waals surface area contributed by atoms with Gasteiger partial charge >= 0.3 is 5.97 Å². The van der Waals surface area contributed by atoms with E-state index in [1.165, 1.54) is 0 Å². The number of aliphatic carboxylic acids is 1. The maximum Gasteiger partial charge on any atom is 0.307 e. The molecule has 1 amide bonds. The molecule has 1 aliphatic carbocycles. The van der Waals surface area contributed by atoms with Crippen LogP contribution in [0.1, 0.15) is 18.4 Å². The Kier molecular flexibility index (Phi) is 2.85. The molecule has 0 saturated carbocycles. The average molecular weight is 257 g/mol. The van der Waals surface area contributed by atoms with Gasteiger partial charge in [0.1, 0.15) is 0 Å². The molecular weight excluding hydrogens is 242 g/mol. The molecule has 2 atom stereocenters. The highest BCUT2D eigenvalue weighted by Crippen LogP contribution is 2.37. The van der Waals surface area contributed by atoms with Crippen molar-refractivity contribution in [3.63, 3.8) is 0 Å². The molecule has 3 rings (SSSR count). The van der Waals surface area contributed by atoms with Gasteiger partial charge in [-0.25, -0.2) is 0 Å². The van der Waals surface area contributed by atoms with Crippen molar-refractivity contribution >= 4 is 17.6 Å². The van der Waals surface area contributed by atoms with Gasteiger partial charge in [0, 0.05) is 24.1 Å². The maximum atomic E-state index is 12.0. The van der Waals surface area contributed by atoms with E-state index in [4.69, 9.17) is 5.11 Å². The number of carbonyl (C=O) groups is 2. The van der Waals surface area contributed by atoms with Crippen molar-refractivity contribution in [2.24, 2.45) is 5.92 Å². The van der Waals surface area contributed by atoms with E-state index in [1.54, 1.807) is 12.1 Å². The third kappa shape index (κ3) is 2.14. The molecule has 4 heteroatoms. The summed E-state index contributed by atoms with van der Waals surface area (Å²) in [6.45, 7) is 0. The number of nitrogens with zero attached hydrogens (tertiary/aromatic N) is 1. The minimum absolute atomic E-state index is 0.0157. The molecular formula is C15H15NO3. The summed E-state index contributed by atoms with van der Waals surface area (Å²) in [7, 11) is 0. The van der Waals surface area contributed by atoms with Crippen molar-refractivity contribution in [2.45, 2.75) is 25.3 Å². The summed E-state index contributed by atoms with van der Waals surface area (Å²) < 4.78 is 0. The van der Waals surface area contributed by atoms with Gasteiger partial charge in [-0.3, -0.25) is 9.59 Å². The maximum absolute atomic E-state index is 12.0. The molecule has 2 aliphatic rings. The van der Waals surface area contributed by atoms with E-state index in [0.717, 1.165) is 17.7 Å². The largest absolute Gasteiger partial charge is 0.481 e. The molecule has 1 saturated heterocycles. The molecule has 0 bridgehead atoms. The first kappa shape index (κ1) is 12.0. The van der Waals surface area contributed by atoms with Crippen molar-refractivity contribution in [3.05, 3.63) is 42.0 Å². The highest BCUT2D eigenvalue weighted by atomic mass is 16.4. The fourth-order valence-corrected chi connectivity index (χ4v) is 2.97. The molecule has 1 heterocycles. The number of amides is 1. The third-order valence-electron chi connectivity index (χ3n) is 3.84. The summed E-state index contributed by atoms with van der Waals surface area (Å²) in [4.78, 5) is 24.5. The van der Waals surface area contributed by atoms with E-state index in [1.807, 2.05) is 17.0 Å². The number of hydrogen-bond acceptors (Lipinski definition) is 2. The van der Waals surface area contributed by atoms with Crippen LogP contribution in [-0.2, 0) is 16.0 Å². The number of hydrogen-bond donors (Lipinski definition) is 1. The Hall–Kier alpha value is -2.10. The molecule has 19 heavy (non-hydrogen) atoms. The van der Waals surface area contributed by atoms with Gasteiger partial charge in [0.25, 0.3) is 0 Å². The molecule has 1 aromatic carbocycles. The summed E-state index contributed by atoms with van der Waals surface area (Å²) in [5, 5.41) is 8.74. The molecule has 98 valence electrons. The van der Waals surface area contributed by atoms with Crippen LogP contribution < -0.4 is 4.90 Å². The quantitative estimate of drug-likeness (QED) is 0.842. The lowest BCUT2D eigenvalue weighted by atomic mass is 10.0. The average Bonchev–Trinajstić information content (AvgIpc) is 2.89. The molecule has 1 aromatic rings. The summed E-state index contributed by atoms with van der Waals surface area (Å²) in [5.41, 5.74) is 1.62. The van der Waals surface area contributed by atoms with E-state index in [0.29, 0.717) is 12.3 Å². The fraction of sp³-hybridized carbons (Fsp3) is 0.333. The molecule has 4 nitrogen and oxygen atoms in total. The van der Waals surface area contributed by atoms with Crippen LogP contribution in [0.2, 0.25) is 0 Å². The molecule has 0 aromatic heterocycles. The molecule has 2 unspecified atom stereocenters. The predicted octanol–water partition coefficient (Wildman–Crippen LogP) is 2.00. The van der Waals surface area contributed by atoms with Crippen LogP contribution >= 0.6 is 0 Å². The first-order valence-electron chi connectivity index (χ1n) is 6.44. The number of rotatable bonds is 3. The van der Waals surface area contributed by atoms with Crippen molar-refractivity contribution in [1.29, 1.82) is 0 Å². The molecule has 1 aliphatic heterocycles. The number of fused-ring (bicyclic) bond motifs is 1. The highest BCUT2D eigenvalue weighted by molar-refractivity contribution is 5.97. The topological polar surface area (TPSA) is 57.6 Å². The van der Waals surface area contributed by atoms with Gasteiger partial charge in [-0.05, 0) is 24.1 Å². The van der Waals surface area contributed by atoms with Crippen molar-refractivity contribution in [1.82, 2.24) is 0 Å². The Morgan fingerprint density at radius 1 is 1.32 bits per heavy atom. The van der Waals surface area contributed by atoms with Crippen molar-refractivity contribution in [3.8, 4) is 0 Å². The number of carboxylic acid groups (broad SMARTS) is 1. The van der Waals surface area contributed by atoms with Crippen LogP contribution in [-0.4, -0.2) is 23.0 Å². The van der Waals surface area contributed by atoms with Crippen LogP contribution in [0, 0.1) is 5.92 Å². The van der Waals surface area contributed by atoms with Crippen LogP contribution in [0.25, 0.3) is 0 Å².